The van der Waals surface area contributed by atoms with Crippen LogP contribution in [-0.2, 0) is 14.8 Å². The van der Waals surface area contributed by atoms with E-state index in [2.05, 4.69) is 10.3 Å². The van der Waals surface area contributed by atoms with Crippen molar-refractivity contribution >= 4 is 38.8 Å². The van der Waals surface area contributed by atoms with Gasteiger partial charge in [-0.2, -0.15) is 4.31 Å². The quantitative estimate of drug-likeness (QED) is 0.635. The fraction of sp³-hybridized carbons (Fsp3) is 0.556. The lowest BCUT2D eigenvalue weighted by Crippen LogP contribution is -2.37. The monoisotopic (exact) mass is 413 g/mol. The Balaban J connectivity index is 2.13. The second-order valence-electron chi connectivity index (χ2n) is 6.59. The third-order valence-corrected chi connectivity index (χ3v) is 7.27. The maximum atomic E-state index is 12.6. The zero-order valence-corrected chi connectivity index (χ0v) is 18.0. The van der Waals surface area contributed by atoms with Crippen molar-refractivity contribution in [1.82, 2.24) is 14.6 Å². The van der Waals surface area contributed by atoms with E-state index in [1.165, 1.54) is 28.2 Å². The molecule has 0 radical (unpaired) electrons. The number of oxazole rings is 1. The standard InChI is InChI=1S/C18H27N3O4S2/c1-6-21(7-2)27(23,24)14-8-9-16-15(10-14)20-18(25-16)26-11-17(22)19-13(5)12(3)4/h8-10,12-13H,6-7,11H2,1-5H3,(H,19,22)/t13-/m0/s1. The highest BCUT2D eigenvalue weighted by atomic mass is 32.2. The van der Waals surface area contributed by atoms with Crippen molar-refractivity contribution in [2.24, 2.45) is 5.92 Å². The van der Waals surface area contributed by atoms with Gasteiger partial charge in [-0.05, 0) is 31.0 Å². The highest BCUT2D eigenvalue weighted by Gasteiger charge is 2.23. The van der Waals surface area contributed by atoms with E-state index in [9.17, 15) is 13.2 Å². The maximum absolute atomic E-state index is 12.6. The largest absolute Gasteiger partial charge is 0.431 e. The van der Waals surface area contributed by atoms with Gasteiger partial charge in [0.2, 0.25) is 15.9 Å². The number of thioether (sulfide) groups is 1. The van der Waals surface area contributed by atoms with Crippen molar-refractivity contribution in [1.29, 1.82) is 0 Å². The van der Waals surface area contributed by atoms with Gasteiger partial charge in [-0.25, -0.2) is 13.4 Å². The molecule has 0 aliphatic carbocycles. The van der Waals surface area contributed by atoms with Gasteiger partial charge < -0.3 is 9.73 Å². The molecule has 0 aliphatic heterocycles. The topological polar surface area (TPSA) is 92.5 Å². The number of carbonyl (C=O) groups excluding carboxylic acids is 1. The van der Waals surface area contributed by atoms with E-state index in [4.69, 9.17) is 4.42 Å². The van der Waals surface area contributed by atoms with Crippen LogP contribution in [0, 0.1) is 5.92 Å². The molecule has 1 atom stereocenters. The average Bonchev–Trinajstić information content (AvgIpc) is 3.02. The summed E-state index contributed by atoms with van der Waals surface area (Å²) in [6.45, 7) is 10.5. The molecule has 1 heterocycles. The van der Waals surface area contributed by atoms with E-state index >= 15 is 0 Å². The molecule has 1 amide bonds. The van der Waals surface area contributed by atoms with E-state index in [-0.39, 0.29) is 22.6 Å². The SMILES string of the molecule is CCN(CC)S(=O)(=O)c1ccc2oc(SCC(=O)N[C@@H](C)C(C)C)nc2c1. The number of sulfonamides is 1. The Kier molecular flexibility index (Phi) is 7.30. The molecule has 0 saturated heterocycles. The van der Waals surface area contributed by atoms with Crippen molar-refractivity contribution in [3.8, 4) is 0 Å². The minimum atomic E-state index is -3.55. The van der Waals surface area contributed by atoms with Gasteiger partial charge >= 0.3 is 0 Å². The van der Waals surface area contributed by atoms with Crippen molar-refractivity contribution in [3.05, 3.63) is 18.2 Å². The third-order valence-electron chi connectivity index (χ3n) is 4.40. The van der Waals surface area contributed by atoms with Crippen molar-refractivity contribution in [2.45, 2.75) is 50.8 Å². The third kappa shape index (κ3) is 5.24. The number of aromatic nitrogens is 1. The van der Waals surface area contributed by atoms with Crippen molar-refractivity contribution < 1.29 is 17.6 Å². The summed E-state index contributed by atoms with van der Waals surface area (Å²) in [4.78, 5) is 16.5. The van der Waals surface area contributed by atoms with Gasteiger partial charge in [-0.3, -0.25) is 4.79 Å². The van der Waals surface area contributed by atoms with Crippen LogP contribution in [0.4, 0.5) is 0 Å². The first-order valence-electron chi connectivity index (χ1n) is 9.01. The number of amides is 1. The Bertz CT molecular complexity index is 889. The first-order valence-corrected chi connectivity index (χ1v) is 11.4. The summed E-state index contributed by atoms with van der Waals surface area (Å²) in [5.74, 6) is 0.455. The molecular weight excluding hydrogens is 386 g/mol. The zero-order chi connectivity index (χ0) is 20.2. The Hall–Kier alpha value is -1.58. The van der Waals surface area contributed by atoms with Gasteiger partial charge in [0.25, 0.3) is 5.22 Å². The van der Waals surface area contributed by atoms with Gasteiger partial charge in [0.05, 0.1) is 10.6 Å². The molecule has 0 bridgehead atoms. The number of nitrogens with one attached hydrogen (secondary N) is 1. The fourth-order valence-corrected chi connectivity index (χ4v) is 4.54. The first kappa shape index (κ1) is 21.7. The molecule has 27 heavy (non-hydrogen) atoms. The lowest BCUT2D eigenvalue weighted by molar-refractivity contribution is -0.119. The summed E-state index contributed by atoms with van der Waals surface area (Å²) < 4.78 is 32.3. The molecular formula is C18H27N3O4S2. The summed E-state index contributed by atoms with van der Waals surface area (Å²) in [7, 11) is -3.55. The second kappa shape index (κ2) is 9.07. The van der Waals surface area contributed by atoms with E-state index in [1.807, 2.05) is 20.8 Å². The highest BCUT2D eigenvalue weighted by Crippen LogP contribution is 2.26. The predicted octanol–water partition coefficient (Wildman–Crippen LogP) is 3.11. The van der Waals surface area contributed by atoms with Crippen LogP contribution in [0.3, 0.4) is 0 Å². The minimum Gasteiger partial charge on any atom is -0.431 e. The van der Waals surface area contributed by atoms with Gasteiger partial charge in [0.1, 0.15) is 5.52 Å². The van der Waals surface area contributed by atoms with Crippen molar-refractivity contribution in [2.75, 3.05) is 18.8 Å². The van der Waals surface area contributed by atoms with Crippen molar-refractivity contribution in [3.63, 3.8) is 0 Å². The van der Waals surface area contributed by atoms with Crippen LogP contribution in [0.25, 0.3) is 11.1 Å². The number of hydrogen-bond acceptors (Lipinski definition) is 6. The molecule has 1 aromatic heterocycles. The summed E-state index contributed by atoms with van der Waals surface area (Å²) in [6, 6.07) is 4.72. The van der Waals surface area contributed by atoms with Crippen LogP contribution in [0.5, 0.6) is 0 Å². The number of carbonyl (C=O) groups is 1. The molecule has 7 nitrogen and oxygen atoms in total. The van der Waals surface area contributed by atoms with Crippen LogP contribution in [0.1, 0.15) is 34.6 Å². The number of hydrogen-bond donors (Lipinski definition) is 1. The summed E-state index contributed by atoms with van der Waals surface area (Å²) in [5.41, 5.74) is 0.952. The van der Waals surface area contributed by atoms with E-state index in [0.717, 1.165) is 0 Å². The minimum absolute atomic E-state index is 0.0896. The molecule has 0 spiro atoms. The lowest BCUT2D eigenvalue weighted by Gasteiger charge is -2.18. The summed E-state index contributed by atoms with van der Waals surface area (Å²) in [6.07, 6.45) is 0. The smallest absolute Gasteiger partial charge is 0.257 e. The van der Waals surface area contributed by atoms with Gasteiger partial charge in [0, 0.05) is 19.1 Å². The molecule has 1 N–H and O–H groups in total. The Morgan fingerprint density at radius 1 is 1.26 bits per heavy atom. The number of fused-ring (bicyclic) bond motifs is 1. The summed E-state index contributed by atoms with van der Waals surface area (Å²) >= 11 is 1.19. The Morgan fingerprint density at radius 2 is 1.93 bits per heavy atom. The number of rotatable bonds is 9. The predicted molar refractivity (Wildman–Crippen MR) is 107 cm³/mol. The molecule has 0 unspecified atom stereocenters. The van der Waals surface area contributed by atoms with Crippen LogP contribution in [0.15, 0.2) is 32.7 Å². The average molecular weight is 414 g/mol. The van der Waals surface area contributed by atoms with Crippen LogP contribution in [0.2, 0.25) is 0 Å². The summed E-state index contributed by atoms with van der Waals surface area (Å²) in [5, 5.41) is 3.27. The maximum Gasteiger partial charge on any atom is 0.257 e. The first-order chi connectivity index (χ1) is 12.7. The molecule has 0 fully saturated rings. The number of benzene rings is 1. The van der Waals surface area contributed by atoms with E-state index in [0.29, 0.717) is 35.3 Å². The molecule has 150 valence electrons. The van der Waals surface area contributed by atoms with Gasteiger partial charge in [-0.1, -0.05) is 39.5 Å². The van der Waals surface area contributed by atoms with Crippen LogP contribution < -0.4 is 5.32 Å². The second-order valence-corrected chi connectivity index (χ2v) is 9.45. The number of nitrogens with zero attached hydrogens (tertiary/aromatic N) is 2. The van der Waals surface area contributed by atoms with Crippen LogP contribution in [-0.4, -0.2) is 48.5 Å². The lowest BCUT2D eigenvalue weighted by atomic mass is 10.1. The Labute approximate surface area is 164 Å². The molecule has 9 heteroatoms. The van der Waals surface area contributed by atoms with Crippen LogP contribution >= 0.6 is 11.8 Å². The molecule has 2 aromatic rings. The van der Waals surface area contributed by atoms with E-state index in [1.54, 1.807) is 19.9 Å². The van der Waals surface area contributed by atoms with Gasteiger partial charge in [0.15, 0.2) is 5.58 Å². The molecule has 0 saturated carbocycles. The molecule has 0 aliphatic rings. The fourth-order valence-electron chi connectivity index (χ4n) is 2.41. The normalized spacial score (nSPS) is 13.4. The Morgan fingerprint density at radius 3 is 2.52 bits per heavy atom. The van der Waals surface area contributed by atoms with E-state index < -0.39 is 10.0 Å². The molecule has 1 aromatic carbocycles. The zero-order valence-electron chi connectivity index (χ0n) is 16.4. The molecule has 2 rings (SSSR count). The van der Waals surface area contributed by atoms with Gasteiger partial charge in [-0.15, -0.1) is 0 Å². The highest BCUT2D eigenvalue weighted by molar-refractivity contribution is 7.99.